The van der Waals surface area contributed by atoms with Gasteiger partial charge in [-0.05, 0) is 37.7 Å². The molecular weight excluding hydrogens is 266 g/mol. The van der Waals surface area contributed by atoms with Gasteiger partial charge in [0.2, 0.25) is 0 Å². The normalized spacial score (nSPS) is 26.5. The van der Waals surface area contributed by atoms with Crippen molar-refractivity contribution in [1.29, 1.82) is 0 Å². The summed E-state index contributed by atoms with van der Waals surface area (Å²) in [4.78, 5) is 4.07. The smallest absolute Gasteiger partial charge is 0.142 e. The van der Waals surface area contributed by atoms with Gasteiger partial charge in [-0.2, -0.15) is 0 Å². The maximum Gasteiger partial charge on any atom is 0.142 e. The Bertz CT molecular complexity index is 465. The molecule has 21 heavy (non-hydrogen) atoms. The van der Waals surface area contributed by atoms with Crippen LogP contribution < -0.4 is 4.74 Å². The van der Waals surface area contributed by atoms with Crippen LogP contribution in [0.2, 0.25) is 0 Å². The van der Waals surface area contributed by atoms with E-state index in [1.54, 1.807) is 19.5 Å². The van der Waals surface area contributed by atoms with Crippen molar-refractivity contribution in [3.05, 3.63) is 24.0 Å². The van der Waals surface area contributed by atoms with Crippen LogP contribution in [0, 0.1) is 5.92 Å². The summed E-state index contributed by atoms with van der Waals surface area (Å²) in [7, 11) is 1.62. The summed E-state index contributed by atoms with van der Waals surface area (Å²) in [6.07, 6.45) is 10.9. The van der Waals surface area contributed by atoms with Crippen molar-refractivity contribution in [2.45, 2.75) is 56.7 Å². The summed E-state index contributed by atoms with van der Waals surface area (Å²) in [5, 5.41) is 10.8. The summed E-state index contributed by atoms with van der Waals surface area (Å²) in [5.41, 5.74) is 0.868. The minimum atomic E-state index is -0.495. The zero-order chi connectivity index (χ0) is 14.7. The fraction of sp³-hybridized carbons (Fsp3) is 0.706. The highest BCUT2D eigenvalue weighted by atomic mass is 16.5. The quantitative estimate of drug-likeness (QED) is 0.928. The molecule has 1 spiro atoms. The molecule has 2 aliphatic rings. The fourth-order valence-corrected chi connectivity index (χ4v) is 3.94. The van der Waals surface area contributed by atoms with E-state index in [1.807, 2.05) is 6.07 Å². The molecule has 4 nitrogen and oxygen atoms in total. The van der Waals surface area contributed by atoms with Crippen LogP contribution in [-0.2, 0) is 4.74 Å². The topological polar surface area (TPSA) is 51.6 Å². The van der Waals surface area contributed by atoms with Crippen molar-refractivity contribution in [3.8, 4) is 5.75 Å². The molecule has 1 saturated heterocycles. The van der Waals surface area contributed by atoms with E-state index in [1.165, 1.54) is 19.3 Å². The molecular formula is C17H25NO3. The summed E-state index contributed by atoms with van der Waals surface area (Å²) in [5.74, 6) is 0.919. The second-order valence-corrected chi connectivity index (χ2v) is 6.41. The second kappa shape index (κ2) is 6.32. The van der Waals surface area contributed by atoms with Crippen molar-refractivity contribution >= 4 is 0 Å². The van der Waals surface area contributed by atoms with Gasteiger partial charge in [-0.1, -0.05) is 19.3 Å². The third-order valence-electron chi connectivity index (χ3n) is 5.10. The number of aliphatic hydroxyl groups is 1. The molecule has 1 aliphatic carbocycles. The van der Waals surface area contributed by atoms with Crippen molar-refractivity contribution in [2.75, 3.05) is 13.7 Å². The van der Waals surface area contributed by atoms with Crippen LogP contribution in [0.25, 0.3) is 0 Å². The first-order chi connectivity index (χ1) is 10.2. The number of hydrogen-bond acceptors (Lipinski definition) is 4. The van der Waals surface area contributed by atoms with Crippen LogP contribution in [0.3, 0.4) is 0 Å². The van der Waals surface area contributed by atoms with E-state index in [0.29, 0.717) is 5.75 Å². The average molecular weight is 291 g/mol. The lowest BCUT2D eigenvalue weighted by atomic mass is 9.74. The monoisotopic (exact) mass is 291 g/mol. The number of hydrogen-bond donors (Lipinski definition) is 1. The lowest BCUT2D eigenvalue weighted by Crippen LogP contribution is -2.42. The molecule has 3 rings (SSSR count). The summed E-state index contributed by atoms with van der Waals surface area (Å²) in [6.45, 7) is 0.759. The zero-order valence-corrected chi connectivity index (χ0v) is 12.8. The van der Waals surface area contributed by atoms with E-state index in [9.17, 15) is 5.11 Å². The Balaban J connectivity index is 1.76. The predicted molar refractivity (Wildman–Crippen MR) is 80.2 cm³/mol. The second-order valence-electron chi connectivity index (χ2n) is 6.41. The van der Waals surface area contributed by atoms with Gasteiger partial charge in [0, 0.05) is 18.4 Å². The Kier molecular flexibility index (Phi) is 4.45. The Labute approximate surface area is 126 Å². The highest BCUT2D eigenvalue weighted by Crippen LogP contribution is 2.45. The van der Waals surface area contributed by atoms with Crippen LogP contribution in [0.5, 0.6) is 5.75 Å². The van der Waals surface area contributed by atoms with E-state index in [2.05, 4.69) is 4.98 Å². The number of ether oxygens (including phenoxy) is 2. The van der Waals surface area contributed by atoms with Gasteiger partial charge in [-0.25, -0.2) is 0 Å². The third kappa shape index (κ3) is 3.06. The van der Waals surface area contributed by atoms with Gasteiger partial charge >= 0.3 is 0 Å². The largest absolute Gasteiger partial charge is 0.495 e. The molecule has 4 heteroatoms. The highest BCUT2D eigenvalue weighted by Gasteiger charge is 2.41. The van der Waals surface area contributed by atoms with Crippen LogP contribution in [0.15, 0.2) is 18.5 Å². The average Bonchev–Trinajstić information content (AvgIpc) is 2.55. The van der Waals surface area contributed by atoms with Crippen LogP contribution >= 0.6 is 0 Å². The minimum Gasteiger partial charge on any atom is -0.495 e. The Morgan fingerprint density at radius 3 is 2.95 bits per heavy atom. The maximum atomic E-state index is 10.8. The number of aromatic nitrogens is 1. The molecule has 2 fully saturated rings. The van der Waals surface area contributed by atoms with E-state index in [4.69, 9.17) is 9.47 Å². The zero-order valence-electron chi connectivity index (χ0n) is 12.8. The van der Waals surface area contributed by atoms with Gasteiger partial charge in [0.15, 0.2) is 0 Å². The first-order valence-electron chi connectivity index (χ1n) is 8.04. The van der Waals surface area contributed by atoms with Gasteiger partial charge in [0.25, 0.3) is 0 Å². The van der Waals surface area contributed by atoms with Crippen LogP contribution in [-0.4, -0.2) is 29.4 Å². The SMILES string of the molecule is COc1cnccc1C(O)C1CCOC2(CCCCC2)C1. The molecule has 0 bridgehead atoms. The summed E-state index contributed by atoms with van der Waals surface area (Å²) in [6, 6.07) is 1.87. The van der Waals surface area contributed by atoms with E-state index in [0.717, 1.165) is 37.9 Å². The predicted octanol–water partition coefficient (Wildman–Crippen LogP) is 3.25. The van der Waals surface area contributed by atoms with Gasteiger partial charge in [0.1, 0.15) is 5.75 Å². The summed E-state index contributed by atoms with van der Waals surface area (Å²) < 4.78 is 11.5. The van der Waals surface area contributed by atoms with Gasteiger partial charge in [-0.15, -0.1) is 0 Å². The Morgan fingerprint density at radius 1 is 1.38 bits per heavy atom. The Hall–Kier alpha value is -1.13. The van der Waals surface area contributed by atoms with Gasteiger partial charge in [0.05, 0.1) is 25.0 Å². The fourth-order valence-electron chi connectivity index (χ4n) is 3.94. The molecule has 0 aromatic carbocycles. The summed E-state index contributed by atoms with van der Waals surface area (Å²) >= 11 is 0. The third-order valence-corrected chi connectivity index (χ3v) is 5.10. The maximum absolute atomic E-state index is 10.8. The molecule has 1 aromatic heterocycles. The van der Waals surface area contributed by atoms with Crippen molar-refractivity contribution < 1.29 is 14.6 Å². The lowest BCUT2D eigenvalue weighted by Gasteiger charge is -2.44. The molecule has 0 amide bonds. The standard InChI is InChI=1S/C17H25NO3/c1-20-15-12-18-9-5-14(15)16(19)13-6-10-21-17(11-13)7-3-2-4-8-17/h5,9,12-13,16,19H,2-4,6-8,10-11H2,1H3. The van der Waals surface area contributed by atoms with Gasteiger partial charge in [-0.3, -0.25) is 4.98 Å². The van der Waals surface area contributed by atoms with Crippen molar-refractivity contribution in [2.24, 2.45) is 5.92 Å². The molecule has 1 aliphatic heterocycles. The molecule has 2 heterocycles. The van der Waals surface area contributed by atoms with E-state index < -0.39 is 6.10 Å². The Morgan fingerprint density at radius 2 is 2.19 bits per heavy atom. The van der Waals surface area contributed by atoms with E-state index >= 15 is 0 Å². The highest BCUT2D eigenvalue weighted by molar-refractivity contribution is 5.32. The molecule has 116 valence electrons. The van der Waals surface area contributed by atoms with E-state index in [-0.39, 0.29) is 11.5 Å². The molecule has 1 N–H and O–H groups in total. The molecule has 2 atom stereocenters. The molecule has 2 unspecified atom stereocenters. The molecule has 1 saturated carbocycles. The van der Waals surface area contributed by atoms with Crippen molar-refractivity contribution in [3.63, 3.8) is 0 Å². The van der Waals surface area contributed by atoms with Crippen LogP contribution in [0.4, 0.5) is 0 Å². The first kappa shape index (κ1) is 14.8. The first-order valence-corrected chi connectivity index (χ1v) is 8.04. The van der Waals surface area contributed by atoms with Gasteiger partial charge < -0.3 is 14.6 Å². The minimum absolute atomic E-state index is 0.0163. The molecule has 1 aromatic rings. The number of methoxy groups -OCH3 is 1. The molecule has 0 radical (unpaired) electrons. The number of nitrogens with zero attached hydrogens (tertiary/aromatic N) is 1. The lowest BCUT2D eigenvalue weighted by molar-refractivity contribution is -0.134. The van der Waals surface area contributed by atoms with Crippen molar-refractivity contribution in [1.82, 2.24) is 4.98 Å². The number of rotatable bonds is 3. The van der Waals surface area contributed by atoms with Crippen LogP contribution in [0.1, 0.15) is 56.6 Å². The number of pyridine rings is 1. The number of aliphatic hydroxyl groups excluding tert-OH is 1.